The molecule has 4 heteroatoms. The number of rotatable bonds is 2. The first kappa shape index (κ1) is 14.0. The van der Waals surface area contributed by atoms with Crippen molar-refractivity contribution in [3.05, 3.63) is 0 Å². The fraction of sp³-hybridized carbons (Fsp3) is 0.846. The van der Waals surface area contributed by atoms with E-state index in [1.54, 1.807) is 11.8 Å². The minimum absolute atomic E-state index is 0.0162. The van der Waals surface area contributed by atoms with Crippen LogP contribution in [0.1, 0.15) is 41.0 Å². The topological polar surface area (TPSA) is 53.3 Å². The average Bonchev–Trinajstić information content (AvgIpc) is 2.24. The number of nitriles is 1. The average molecular weight is 238 g/mol. The normalized spacial score (nSPS) is 27.1. The first-order valence-electron chi connectivity index (χ1n) is 6.12. The Morgan fingerprint density at radius 1 is 1.65 bits per heavy atom. The van der Waals surface area contributed by atoms with Crippen molar-refractivity contribution in [2.45, 2.75) is 52.7 Å². The Hall–Kier alpha value is -1.08. The highest BCUT2D eigenvalue weighted by molar-refractivity contribution is 5.85. The Labute approximate surface area is 104 Å². The summed E-state index contributed by atoms with van der Waals surface area (Å²) in [6.07, 6.45) is 0.552. The molecule has 0 spiro atoms. The van der Waals surface area contributed by atoms with Crippen LogP contribution in [0.5, 0.6) is 0 Å². The summed E-state index contributed by atoms with van der Waals surface area (Å²) < 4.78 is 5.76. The molecule has 1 aliphatic heterocycles. The van der Waals surface area contributed by atoms with Crippen LogP contribution in [0.4, 0.5) is 0 Å². The van der Waals surface area contributed by atoms with E-state index in [1.165, 1.54) is 0 Å². The molecule has 1 rings (SSSR count). The molecular formula is C13H22N2O2. The van der Waals surface area contributed by atoms with Gasteiger partial charge in [-0.1, -0.05) is 6.92 Å². The molecule has 2 atom stereocenters. The van der Waals surface area contributed by atoms with Crippen LogP contribution in [0.15, 0.2) is 0 Å². The largest absolute Gasteiger partial charge is 0.369 e. The van der Waals surface area contributed by atoms with Crippen LogP contribution >= 0.6 is 0 Å². The molecule has 96 valence electrons. The van der Waals surface area contributed by atoms with Crippen LogP contribution < -0.4 is 0 Å². The Morgan fingerprint density at radius 3 is 2.65 bits per heavy atom. The van der Waals surface area contributed by atoms with Gasteiger partial charge in [0.1, 0.15) is 5.41 Å². The van der Waals surface area contributed by atoms with E-state index in [2.05, 4.69) is 6.07 Å². The third-order valence-electron chi connectivity index (χ3n) is 3.28. The highest BCUT2D eigenvalue weighted by Gasteiger charge is 2.40. The van der Waals surface area contributed by atoms with Crippen molar-refractivity contribution >= 4 is 5.91 Å². The van der Waals surface area contributed by atoms with Crippen molar-refractivity contribution in [1.82, 2.24) is 4.90 Å². The molecule has 0 radical (unpaired) electrons. The van der Waals surface area contributed by atoms with Crippen molar-refractivity contribution in [2.24, 2.45) is 5.41 Å². The third kappa shape index (κ3) is 2.98. The minimum Gasteiger partial charge on any atom is -0.369 e. The Morgan fingerprint density at radius 2 is 2.24 bits per heavy atom. The number of nitrogens with zero attached hydrogens (tertiary/aromatic N) is 2. The van der Waals surface area contributed by atoms with Gasteiger partial charge in [-0.05, 0) is 34.1 Å². The molecule has 1 aliphatic rings. The lowest BCUT2D eigenvalue weighted by atomic mass is 9.87. The number of amides is 1. The van der Waals surface area contributed by atoms with Gasteiger partial charge in [0.2, 0.25) is 5.91 Å². The third-order valence-corrected chi connectivity index (χ3v) is 3.28. The van der Waals surface area contributed by atoms with E-state index in [-0.39, 0.29) is 17.6 Å². The van der Waals surface area contributed by atoms with Crippen LogP contribution in [-0.4, -0.2) is 35.6 Å². The predicted molar refractivity (Wildman–Crippen MR) is 65.2 cm³/mol. The summed E-state index contributed by atoms with van der Waals surface area (Å²) in [5.41, 5.74) is -1.25. The van der Waals surface area contributed by atoms with Gasteiger partial charge in [-0.2, -0.15) is 5.26 Å². The SMILES string of the molecule is CCC(C)(C#N)C(=O)N1CC(C)OC(C)(C)C1. The summed E-state index contributed by atoms with van der Waals surface area (Å²) in [5.74, 6) is -0.0780. The second-order valence-corrected chi connectivity index (χ2v) is 5.67. The number of hydrogen-bond acceptors (Lipinski definition) is 3. The van der Waals surface area contributed by atoms with Gasteiger partial charge < -0.3 is 9.64 Å². The van der Waals surface area contributed by atoms with Crippen LogP contribution in [-0.2, 0) is 9.53 Å². The summed E-state index contributed by atoms with van der Waals surface area (Å²) in [5, 5.41) is 9.15. The molecule has 0 aromatic heterocycles. The van der Waals surface area contributed by atoms with Crippen LogP contribution in [0, 0.1) is 16.7 Å². The summed E-state index contributed by atoms with van der Waals surface area (Å²) in [6, 6.07) is 2.14. The van der Waals surface area contributed by atoms with Crippen molar-refractivity contribution in [3.8, 4) is 6.07 Å². The minimum atomic E-state index is -0.910. The van der Waals surface area contributed by atoms with E-state index >= 15 is 0 Å². The molecule has 1 amide bonds. The Bertz CT molecular complexity index is 346. The van der Waals surface area contributed by atoms with Crippen molar-refractivity contribution < 1.29 is 9.53 Å². The van der Waals surface area contributed by atoms with E-state index in [0.717, 1.165) is 0 Å². The Balaban J connectivity index is 2.87. The summed E-state index contributed by atoms with van der Waals surface area (Å²) >= 11 is 0. The Kier molecular flexibility index (Phi) is 3.83. The van der Waals surface area contributed by atoms with Gasteiger partial charge in [0.25, 0.3) is 0 Å². The lowest BCUT2D eigenvalue weighted by Gasteiger charge is -2.43. The van der Waals surface area contributed by atoms with Gasteiger partial charge in [0, 0.05) is 13.1 Å². The first-order valence-corrected chi connectivity index (χ1v) is 6.12. The number of carbonyl (C=O) groups excluding carboxylic acids is 1. The van der Waals surface area contributed by atoms with Crippen LogP contribution in [0.25, 0.3) is 0 Å². The molecule has 0 aliphatic carbocycles. The molecule has 1 heterocycles. The lowest BCUT2D eigenvalue weighted by Crippen LogP contribution is -2.56. The van der Waals surface area contributed by atoms with E-state index in [4.69, 9.17) is 10.00 Å². The fourth-order valence-corrected chi connectivity index (χ4v) is 2.24. The molecule has 4 nitrogen and oxygen atoms in total. The van der Waals surface area contributed by atoms with Gasteiger partial charge >= 0.3 is 0 Å². The molecule has 17 heavy (non-hydrogen) atoms. The zero-order chi connectivity index (χ0) is 13.3. The zero-order valence-electron chi connectivity index (χ0n) is 11.4. The molecule has 0 aromatic rings. The molecule has 0 aromatic carbocycles. The number of carbonyl (C=O) groups is 1. The molecule has 1 saturated heterocycles. The van der Waals surface area contributed by atoms with Crippen molar-refractivity contribution in [2.75, 3.05) is 13.1 Å². The monoisotopic (exact) mass is 238 g/mol. The van der Waals surface area contributed by atoms with Gasteiger partial charge in [-0.15, -0.1) is 0 Å². The molecule has 2 unspecified atom stereocenters. The smallest absolute Gasteiger partial charge is 0.242 e. The van der Waals surface area contributed by atoms with Gasteiger partial charge in [0.15, 0.2) is 0 Å². The van der Waals surface area contributed by atoms with Crippen molar-refractivity contribution in [1.29, 1.82) is 5.26 Å². The molecule has 0 saturated carbocycles. The van der Waals surface area contributed by atoms with Crippen LogP contribution in [0.3, 0.4) is 0 Å². The van der Waals surface area contributed by atoms with Crippen molar-refractivity contribution in [3.63, 3.8) is 0 Å². The maximum absolute atomic E-state index is 12.4. The van der Waals surface area contributed by atoms with Gasteiger partial charge in [0.05, 0.1) is 17.8 Å². The number of morpholine rings is 1. The number of ether oxygens (including phenoxy) is 1. The van der Waals surface area contributed by atoms with E-state index in [9.17, 15) is 4.79 Å². The van der Waals surface area contributed by atoms with Gasteiger partial charge in [-0.25, -0.2) is 0 Å². The molecule has 1 fully saturated rings. The van der Waals surface area contributed by atoms with E-state index in [0.29, 0.717) is 19.5 Å². The summed E-state index contributed by atoms with van der Waals surface area (Å²) in [6.45, 7) is 10.6. The highest BCUT2D eigenvalue weighted by Crippen LogP contribution is 2.28. The maximum atomic E-state index is 12.4. The predicted octanol–water partition coefficient (Wildman–Crippen LogP) is 1.95. The first-order chi connectivity index (χ1) is 7.74. The maximum Gasteiger partial charge on any atom is 0.242 e. The molecule has 0 N–H and O–H groups in total. The second kappa shape index (κ2) is 4.66. The summed E-state index contributed by atoms with van der Waals surface area (Å²) in [4.78, 5) is 14.1. The van der Waals surface area contributed by atoms with Crippen LogP contribution in [0.2, 0.25) is 0 Å². The molecule has 0 bridgehead atoms. The standard InChI is InChI=1S/C13H22N2O2/c1-6-13(5,8-14)11(16)15-7-10(2)17-12(3,4)9-15/h10H,6-7,9H2,1-5H3. The lowest BCUT2D eigenvalue weighted by molar-refractivity contribution is -0.164. The molecular weight excluding hydrogens is 216 g/mol. The highest BCUT2D eigenvalue weighted by atomic mass is 16.5. The van der Waals surface area contributed by atoms with E-state index in [1.807, 2.05) is 27.7 Å². The number of hydrogen-bond donors (Lipinski definition) is 0. The quantitative estimate of drug-likeness (QED) is 0.739. The fourth-order valence-electron chi connectivity index (χ4n) is 2.24. The summed E-state index contributed by atoms with van der Waals surface area (Å²) in [7, 11) is 0. The van der Waals surface area contributed by atoms with Gasteiger partial charge in [-0.3, -0.25) is 4.79 Å². The zero-order valence-corrected chi connectivity index (χ0v) is 11.4. The second-order valence-electron chi connectivity index (χ2n) is 5.67. The van der Waals surface area contributed by atoms with E-state index < -0.39 is 5.41 Å².